The van der Waals surface area contributed by atoms with E-state index < -0.39 is 0 Å². The summed E-state index contributed by atoms with van der Waals surface area (Å²) >= 11 is 0. The van der Waals surface area contributed by atoms with Crippen LogP contribution in [-0.2, 0) is 0 Å². The molecule has 0 heterocycles. The molecule has 1 unspecified atom stereocenters. The number of rotatable bonds is 0. The van der Waals surface area contributed by atoms with Crippen LogP contribution in [0.1, 0.15) is 33.6 Å². The van der Waals surface area contributed by atoms with Gasteiger partial charge in [0.05, 0.1) is 0 Å². The number of hydrogen-bond donors (Lipinski definition) is 0. The fraction of sp³-hybridized carbons (Fsp3) is 0.636. The minimum Gasteiger partial charge on any atom is -0.115 e. The van der Waals surface area contributed by atoms with Crippen molar-refractivity contribution in [3.8, 4) is 12.3 Å². The van der Waals surface area contributed by atoms with Crippen LogP contribution in [0.4, 0.5) is 0 Å². The maximum absolute atomic E-state index is 5.41. The zero-order chi connectivity index (χ0) is 8.43. The van der Waals surface area contributed by atoms with Crippen molar-refractivity contribution >= 4 is 0 Å². The second-order valence-corrected chi connectivity index (χ2v) is 3.75. The average Bonchev–Trinajstić information content (AvgIpc) is 1.96. The van der Waals surface area contributed by atoms with Crippen molar-refractivity contribution in [3.63, 3.8) is 0 Å². The molecule has 11 heavy (non-hydrogen) atoms. The molecular weight excluding hydrogens is 132 g/mol. The molecule has 0 radical (unpaired) electrons. The van der Waals surface area contributed by atoms with Crippen LogP contribution in [0.5, 0.6) is 0 Å². The fourth-order valence-electron chi connectivity index (χ4n) is 1.84. The van der Waals surface area contributed by atoms with E-state index in [0.717, 1.165) is 12.3 Å². The fourth-order valence-corrected chi connectivity index (χ4v) is 1.84. The smallest absolute Gasteiger partial charge is 0.00122 e. The monoisotopic (exact) mass is 148 g/mol. The quantitative estimate of drug-likeness (QED) is 0.463. The summed E-state index contributed by atoms with van der Waals surface area (Å²) in [6.07, 6.45) is 7.83. The van der Waals surface area contributed by atoms with Crippen LogP contribution >= 0.6 is 0 Å². The van der Waals surface area contributed by atoms with Crippen molar-refractivity contribution in [1.29, 1.82) is 0 Å². The Morgan fingerprint density at radius 3 is 2.64 bits per heavy atom. The Balaban J connectivity index is 2.88. The third-order valence-corrected chi connectivity index (χ3v) is 2.70. The molecule has 0 heteroatoms. The molecule has 1 aliphatic rings. The first-order chi connectivity index (χ1) is 5.15. The molecule has 0 saturated carbocycles. The van der Waals surface area contributed by atoms with Crippen molar-refractivity contribution in [1.82, 2.24) is 0 Å². The number of allylic oxidation sites excluding steroid dienone is 2. The van der Waals surface area contributed by atoms with Crippen LogP contribution < -0.4 is 0 Å². The Morgan fingerprint density at radius 1 is 1.45 bits per heavy atom. The van der Waals surface area contributed by atoms with Gasteiger partial charge in [0, 0.05) is 5.57 Å². The Labute approximate surface area is 69.7 Å². The molecule has 0 aliphatic heterocycles. The van der Waals surface area contributed by atoms with Gasteiger partial charge < -0.3 is 0 Å². The van der Waals surface area contributed by atoms with Gasteiger partial charge in [-0.1, -0.05) is 25.3 Å². The number of hydrogen-bond acceptors (Lipinski definition) is 0. The van der Waals surface area contributed by atoms with E-state index in [1.54, 1.807) is 0 Å². The first kappa shape index (κ1) is 8.40. The molecule has 1 aliphatic carbocycles. The van der Waals surface area contributed by atoms with Crippen LogP contribution in [-0.4, -0.2) is 0 Å². The molecule has 0 bridgehead atoms. The van der Waals surface area contributed by atoms with E-state index in [1.807, 2.05) is 0 Å². The Hall–Kier alpha value is -0.700. The van der Waals surface area contributed by atoms with E-state index in [2.05, 4.69) is 26.7 Å². The highest BCUT2D eigenvalue weighted by atomic mass is 14.2. The molecule has 0 saturated heterocycles. The maximum Gasteiger partial charge on any atom is 0.00122 e. The molecule has 0 aromatic heterocycles. The summed E-state index contributed by atoms with van der Waals surface area (Å²) < 4.78 is 0. The van der Waals surface area contributed by atoms with Gasteiger partial charge in [-0.3, -0.25) is 0 Å². The van der Waals surface area contributed by atoms with E-state index in [1.165, 1.54) is 17.6 Å². The SMILES string of the molecule is C#CC1=C(C)[C@@H](C)CC(C)C1. The third kappa shape index (κ3) is 1.66. The van der Waals surface area contributed by atoms with Crippen molar-refractivity contribution in [2.75, 3.05) is 0 Å². The maximum atomic E-state index is 5.41. The van der Waals surface area contributed by atoms with Gasteiger partial charge in [-0.15, -0.1) is 6.42 Å². The van der Waals surface area contributed by atoms with Crippen molar-refractivity contribution in [2.45, 2.75) is 33.6 Å². The Kier molecular flexibility index (Phi) is 2.39. The molecule has 0 aromatic carbocycles. The molecule has 1 rings (SSSR count). The van der Waals surface area contributed by atoms with E-state index in [4.69, 9.17) is 6.42 Å². The molecule has 0 fully saturated rings. The largest absolute Gasteiger partial charge is 0.115 e. The van der Waals surface area contributed by atoms with Crippen LogP contribution in [0.25, 0.3) is 0 Å². The van der Waals surface area contributed by atoms with Gasteiger partial charge in [-0.25, -0.2) is 0 Å². The second kappa shape index (κ2) is 3.13. The standard InChI is InChI=1S/C11H16/c1-5-11-7-8(2)6-9(3)10(11)4/h1,8-9H,6-7H2,2-4H3/t8?,9-/m0/s1. The number of terminal acetylenes is 1. The molecule has 60 valence electrons. The summed E-state index contributed by atoms with van der Waals surface area (Å²) in [5, 5.41) is 0. The van der Waals surface area contributed by atoms with E-state index >= 15 is 0 Å². The second-order valence-electron chi connectivity index (χ2n) is 3.75. The summed E-state index contributed by atoms with van der Waals surface area (Å²) in [5.41, 5.74) is 2.68. The summed E-state index contributed by atoms with van der Waals surface area (Å²) in [5.74, 6) is 4.27. The topological polar surface area (TPSA) is 0 Å². The lowest BCUT2D eigenvalue weighted by Gasteiger charge is -2.25. The molecular formula is C11H16. The normalized spacial score (nSPS) is 31.8. The van der Waals surface area contributed by atoms with E-state index in [0.29, 0.717) is 5.92 Å². The third-order valence-electron chi connectivity index (χ3n) is 2.70. The predicted molar refractivity (Wildman–Crippen MR) is 49.1 cm³/mol. The predicted octanol–water partition coefficient (Wildman–Crippen LogP) is 3.00. The van der Waals surface area contributed by atoms with Gasteiger partial charge in [0.15, 0.2) is 0 Å². The van der Waals surface area contributed by atoms with Crippen LogP contribution in [0, 0.1) is 24.2 Å². The van der Waals surface area contributed by atoms with Crippen LogP contribution in [0.3, 0.4) is 0 Å². The highest BCUT2D eigenvalue weighted by molar-refractivity contribution is 5.33. The lowest BCUT2D eigenvalue weighted by atomic mass is 9.79. The van der Waals surface area contributed by atoms with Crippen molar-refractivity contribution < 1.29 is 0 Å². The molecule has 2 atom stereocenters. The first-order valence-electron chi connectivity index (χ1n) is 4.31. The lowest BCUT2D eigenvalue weighted by Crippen LogP contribution is -2.13. The first-order valence-corrected chi connectivity index (χ1v) is 4.31. The summed E-state index contributed by atoms with van der Waals surface area (Å²) in [6.45, 7) is 6.72. The molecule has 0 amide bonds. The van der Waals surface area contributed by atoms with E-state index in [-0.39, 0.29) is 0 Å². The van der Waals surface area contributed by atoms with Gasteiger partial charge in [0.1, 0.15) is 0 Å². The zero-order valence-corrected chi connectivity index (χ0v) is 7.65. The van der Waals surface area contributed by atoms with Gasteiger partial charge in [0.25, 0.3) is 0 Å². The Morgan fingerprint density at radius 2 is 2.09 bits per heavy atom. The summed E-state index contributed by atoms with van der Waals surface area (Å²) in [6, 6.07) is 0. The highest BCUT2D eigenvalue weighted by Gasteiger charge is 2.19. The zero-order valence-electron chi connectivity index (χ0n) is 7.65. The lowest BCUT2D eigenvalue weighted by molar-refractivity contribution is 0.422. The minimum absolute atomic E-state index is 0.699. The molecule has 0 spiro atoms. The summed E-state index contributed by atoms with van der Waals surface area (Å²) in [7, 11) is 0. The highest BCUT2D eigenvalue weighted by Crippen LogP contribution is 2.32. The molecule has 0 aromatic rings. The average molecular weight is 148 g/mol. The van der Waals surface area contributed by atoms with Crippen molar-refractivity contribution in [3.05, 3.63) is 11.1 Å². The van der Waals surface area contributed by atoms with Crippen LogP contribution in [0.2, 0.25) is 0 Å². The summed E-state index contributed by atoms with van der Waals surface area (Å²) in [4.78, 5) is 0. The van der Waals surface area contributed by atoms with Crippen molar-refractivity contribution in [2.24, 2.45) is 11.8 Å². The van der Waals surface area contributed by atoms with E-state index in [9.17, 15) is 0 Å². The van der Waals surface area contributed by atoms with Crippen LogP contribution in [0.15, 0.2) is 11.1 Å². The minimum atomic E-state index is 0.699. The Bertz CT molecular complexity index is 215. The van der Waals surface area contributed by atoms with Gasteiger partial charge in [0.2, 0.25) is 0 Å². The molecule has 0 nitrogen and oxygen atoms in total. The van der Waals surface area contributed by atoms with Gasteiger partial charge >= 0.3 is 0 Å². The van der Waals surface area contributed by atoms with Gasteiger partial charge in [-0.2, -0.15) is 0 Å². The molecule has 0 N–H and O–H groups in total. The van der Waals surface area contributed by atoms with Gasteiger partial charge in [-0.05, 0) is 31.6 Å².